The Kier molecular flexibility index (Phi) is 4.96. The molecule has 3 aromatic heterocycles. The molecule has 0 radical (unpaired) electrons. The third-order valence-corrected chi connectivity index (χ3v) is 4.95. The second-order valence-electron chi connectivity index (χ2n) is 6.89. The molecule has 0 fully saturated rings. The molecule has 4 rings (SSSR count). The molecule has 0 bridgehead atoms. The molecule has 0 saturated carbocycles. The number of nitrogens with zero attached hydrogens (tertiary/aromatic N) is 4. The van der Waals surface area contributed by atoms with Gasteiger partial charge in [-0.2, -0.15) is 5.26 Å². The van der Waals surface area contributed by atoms with Gasteiger partial charge in [0, 0.05) is 6.54 Å². The van der Waals surface area contributed by atoms with Gasteiger partial charge in [0.2, 0.25) is 11.4 Å². The Hall–Kier alpha value is -3.73. The van der Waals surface area contributed by atoms with Crippen LogP contribution in [0.25, 0.3) is 27.6 Å². The predicted molar refractivity (Wildman–Crippen MR) is 112 cm³/mol. The van der Waals surface area contributed by atoms with Crippen LogP contribution in [0.2, 0.25) is 0 Å². The fourth-order valence-electron chi connectivity index (χ4n) is 3.46. The zero-order valence-corrected chi connectivity index (χ0v) is 16.0. The van der Waals surface area contributed by atoms with Crippen LogP contribution < -0.4 is 16.3 Å². The van der Waals surface area contributed by atoms with Gasteiger partial charge < -0.3 is 10.3 Å². The summed E-state index contributed by atoms with van der Waals surface area (Å²) in [5, 5.41) is 13.2. The monoisotopic (exact) mass is 388 g/mol. The highest BCUT2D eigenvalue weighted by molar-refractivity contribution is 5.86. The molecule has 0 saturated heterocycles. The van der Waals surface area contributed by atoms with E-state index in [1.54, 1.807) is 24.3 Å². The van der Waals surface area contributed by atoms with Crippen molar-refractivity contribution in [2.45, 2.75) is 32.6 Å². The number of H-pyrrole nitrogens is 1. The molecule has 0 aliphatic rings. The summed E-state index contributed by atoms with van der Waals surface area (Å²) in [5.74, 6) is 0.312. The van der Waals surface area contributed by atoms with Crippen molar-refractivity contribution in [3.63, 3.8) is 0 Å². The first-order valence-electron chi connectivity index (χ1n) is 9.66. The number of rotatable bonds is 6. The van der Waals surface area contributed by atoms with Crippen molar-refractivity contribution >= 4 is 33.5 Å². The van der Waals surface area contributed by atoms with Gasteiger partial charge in [-0.1, -0.05) is 38.3 Å². The highest BCUT2D eigenvalue weighted by atomic mass is 16.1. The zero-order valence-electron chi connectivity index (χ0n) is 16.0. The van der Waals surface area contributed by atoms with Crippen LogP contribution in [-0.2, 0) is 0 Å². The molecule has 0 aliphatic heterocycles. The molecule has 0 amide bonds. The minimum atomic E-state index is -0.523. The quantitative estimate of drug-likeness (QED) is 0.298. The Labute approximate surface area is 165 Å². The van der Waals surface area contributed by atoms with E-state index in [0.29, 0.717) is 23.4 Å². The highest BCUT2D eigenvalue weighted by Gasteiger charge is 2.18. The smallest absolute Gasteiger partial charge is 0.266 e. The summed E-state index contributed by atoms with van der Waals surface area (Å²) >= 11 is 0. The van der Waals surface area contributed by atoms with E-state index in [1.165, 1.54) is 10.6 Å². The van der Waals surface area contributed by atoms with E-state index in [-0.39, 0.29) is 27.8 Å². The van der Waals surface area contributed by atoms with E-state index < -0.39 is 5.43 Å². The van der Waals surface area contributed by atoms with Gasteiger partial charge in [-0.15, -0.1) is 0 Å². The van der Waals surface area contributed by atoms with Gasteiger partial charge in [-0.25, -0.2) is 9.97 Å². The minimum Gasteiger partial charge on any atom is -0.354 e. The third-order valence-electron chi connectivity index (χ3n) is 4.95. The van der Waals surface area contributed by atoms with Gasteiger partial charge in [0.25, 0.3) is 5.56 Å². The predicted octanol–water partition coefficient (Wildman–Crippen LogP) is 2.95. The van der Waals surface area contributed by atoms with Crippen molar-refractivity contribution < 1.29 is 0 Å². The number of hydrogen-bond acceptors (Lipinski definition) is 6. The van der Waals surface area contributed by atoms with Crippen molar-refractivity contribution in [2.75, 3.05) is 11.9 Å². The van der Waals surface area contributed by atoms with Crippen molar-refractivity contribution in [3.05, 3.63) is 56.6 Å². The van der Waals surface area contributed by atoms with Gasteiger partial charge in [0.05, 0.1) is 22.6 Å². The lowest BCUT2D eigenvalue weighted by Gasteiger charge is -2.10. The SMILES string of the molecule is CCCCCCNc1ncc2c(n1)c(=O)c(C#N)c1[nH]c3ccccc3c(=O)n12. The van der Waals surface area contributed by atoms with Crippen LogP contribution in [0.15, 0.2) is 40.1 Å². The van der Waals surface area contributed by atoms with Gasteiger partial charge in [-0.3, -0.25) is 14.0 Å². The summed E-state index contributed by atoms with van der Waals surface area (Å²) in [6.07, 6.45) is 5.84. The molecule has 0 unspecified atom stereocenters. The largest absolute Gasteiger partial charge is 0.354 e. The lowest BCUT2D eigenvalue weighted by Crippen LogP contribution is -2.23. The second-order valence-corrected chi connectivity index (χ2v) is 6.89. The molecular formula is C21H20N6O2. The number of pyridine rings is 1. The van der Waals surface area contributed by atoms with Crippen molar-refractivity contribution in [1.29, 1.82) is 5.26 Å². The number of fused-ring (bicyclic) bond motifs is 4. The Morgan fingerprint density at radius 1 is 1.21 bits per heavy atom. The molecule has 0 spiro atoms. The van der Waals surface area contributed by atoms with Crippen LogP contribution in [-0.4, -0.2) is 25.9 Å². The number of benzene rings is 1. The van der Waals surface area contributed by atoms with Crippen LogP contribution >= 0.6 is 0 Å². The first-order chi connectivity index (χ1) is 14.2. The summed E-state index contributed by atoms with van der Waals surface area (Å²) in [4.78, 5) is 37.6. The molecule has 3 heterocycles. The molecule has 4 aromatic rings. The molecular weight excluding hydrogens is 368 g/mol. The van der Waals surface area contributed by atoms with Gasteiger partial charge in [0.1, 0.15) is 22.8 Å². The average Bonchev–Trinajstić information content (AvgIpc) is 2.74. The normalized spacial score (nSPS) is 11.2. The maximum Gasteiger partial charge on any atom is 0.266 e. The van der Waals surface area contributed by atoms with E-state index >= 15 is 0 Å². The lowest BCUT2D eigenvalue weighted by molar-refractivity contribution is 0.683. The fraction of sp³-hybridized carbons (Fsp3) is 0.286. The Balaban J connectivity index is 1.91. The maximum atomic E-state index is 13.1. The Bertz CT molecular complexity index is 1380. The fourth-order valence-corrected chi connectivity index (χ4v) is 3.46. The number of para-hydroxylation sites is 1. The van der Waals surface area contributed by atoms with Crippen molar-refractivity contribution in [1.82, 2.24) is 19.4 Å². The topological polar surface area (TPSA) is 116 Å². The number of aromatic nitrogens is 4. The molecule has 0 aliphatic carbocycles. The van der Waals surface area contributed by atoms with E-state index in [4.69, 9.17) is 0 Å². The van der Waals surface area contributed by atoms with Crippen LogP contribution in [0, 0.1) is 11.3 Å². The van der Waals surface area contributed by atoms with E-state index in [1.807, 2.05) is 6.07 Å². The molecule has 146 valence electrons. The van der Waals surface area contributed by atoms with E-state index in [9.17, 15) is 14.9 Å². The summed E-state index contributed by atoms with van der Waals surface area (Å²) in [7, 11) is 0. The number of nitriles is 1. The van der Waals surface area contributed by atoms with Gasteiger partial charge in [0.15, 0.2) is 0 Å². The standard InChI is InChI=1S/C21H20N6O2/c1-2-3-4-7-10-23-21-24-12-16-17(26-21)18(28)14(11-22)19-25-15-9-6-5-8-13(15)20(29)27(16)19/h5-6,8-9,12,25H,2-4,7,10H2,1H3,(H,23,24,26). The summed E-state index contributed by atoms with van der Waals surface area (Å²) in [5.41, 5.74) is 0.0209. The second kappa shape index (κ2) is 7.72. The Morgan fingerprint density at radius 3 is 2.83 bits per heavy atom. The zero-order chi connectivity index (χ0) is 20.4. The Morgan fingerprint density at radius 2 is 2.03 bits per heavy atom. The van der Waals surface area contributed by atoms with E-state index in [2.05, 4.69) is 27.2 Å². The average molecular weight is 388 g/mol. The summed E-state index contributed by atoms with van der Waals surface area (Å²) in [6.45, 7) is 2.84. The first kappa shape index (κ1) is 18.6. The van der Waals surface area contributed by atoms with Gasteiger partial charge >= 0.3 is 0 Å². The lowest BCUT2D eigenvalue weighted by atomic mass is 10.2. The summed E-state index contributed by atoms with van der Waals surface area (Å²) in [6, 6.07) is 8.89. The molecule has 0 atom stereocenters. The number of nitrogens with one attached hydrogen (secondary N) is 2. The van der Waals surface area contributed by atoms with Crippen LogP contribution in [0.4, 0.5) is 5.95 Å². The van der Waals surface area contributed by atoms with Gasteiger partial charge in [-0.05, 0) is 18.6 Å². The summed E-state index contributed by atoms with van der Waals surface area (Å²) < 4.78 is 1.31. The van der Waals surface area contributed by atoms with Crippen molar-refractivity contribution in [2.24, 2.45) is 0 Å². The van der Waals surface area contributed by atoms with Crippen LogP contribution in [0.3, 0.4) is 0 Å². The maximum absolute atomic E-state index is 13.1. The number of hydrogen-bond donors (Lipinski definition) is 2. The molecule has 8 nitrogen and oxygen atoms in total. The molecule has 1 aromatic carbocycles. The minimum absolute atomic E-state index is 0.0471. The highest BCUT2D eigenvalue weighted by Crippen LogP contribution is 2.16. The molecule has 8 heteroatoms. The van der Waals surface area contributed by atoms with E-state index in [0.717, 1.165) is 25.7 Å². The van der Waals surface area contributed by atoms with Crippen molar-refractivity contribution in [3.8, 4) is 6.07 Å². The van der Waals surface area contributed by atoms with Crippen LogP contribution in [0.5, 0.6) is 0 Å². The number of anilines is 1. The third kappa shape index (κ3) is 3.21. The molecule has 29 heavy (non-hydrogen) atoms. The molecule has 2 N–H and O–H groups in total. The first-order valence-corrected chi connectivity index (χ1v) is 9.66. The number of unbranched alkanes of at least 4 members (excludes halogenated alkanes) is 3. The van der Waals surface area contributed by atoms with Crippen LogP contribution in [0.1, 0.15) is 38.2 Å². The number of aromatic amines is 1.